The Balaban J connectivity index is 1.97. The smallest absolute Gasteiger partial charge is 0.0309 e. The summed E-state index contributed by atoms with van der Waals surface area (Å²) in [4.78, 5) is 2.48. The van der Waals surface area contributed by atoms with E-state index in [1.54, 1.807) is 0 Å². The zero-order chi connectivity index (χ0) is 7.90. The molecule has 0 aromatic heterocycles. The summed E-state index contributed by atoms with van der Waals surface area (Å²) in [6, 6.07) is 0.723. The van der Waals surface area contributed by atoms with Gasteiger partial charge in [-0.25, -0.2) is 0 Å². The highest BCUT2D eigenvalue weighted by Gasteiger charge is 2.40. The number of piperazine rings is 1. The van der Waals surface area contributed by atoms with Crippen LogP contribution < -0.4 is 5.32 Å². The molecular formula is C9H18N2. The first-order valence-corrected chi connectivity index (χ1v) is 4.67. The standard InChI is InChI=1S/C9H18N2/c1-8-6-10-9(4-3-5-9)7-11(8)2/h8,10H,3-7H2,1-2H3. The van der Waals surface area contributed by atoms with Gasteiger partial charge in [0.1, 0.15) is 0 Å². The number of rotatable bonds is 0. The number of hydrogen-bond acceptors (Lipinski definition) is 2. The molecule has 0 aromatic rings. The Hall–Kier alpha value is -0.0800. The van der Waals surface area contributed by atoms with Crippen molar-refractivity contribution in [3.05, 3.63) is 0 Å². The van der Waals surface area contributed by atoms with Crippen LogP contribution in [0.25, 0.3) is 0 Å². The molecular weight excluding hydrogens is 136 g/mol. The minimum atomic E-state index is 0.529. The SMILES string of the molecule is CC1CNC2(CCC2)CN1C. The minimum absolute atomic E-state index is 0.529. The van der Waals surface area contributed by atoms with Gasteiger partial charge in [-0.2, -0.15) is 0 Å². The fraction of sp³-hybridized carbons (Fsp3) is 1.00. The number of likely N-dealkylation sites (N-methyl/N-ethyl adjacent to an activating group) is 1. The predicted molar refractivity (Wildman–Crippen MR) is 46.7 cm³/mol. The first kappa shape index (κ1) is 7.56. The molecule has 1 saturated heterocycles. The zero-order valence-electron chi connectivity index (χ0n) is 7.56. The largest absolute Gasteiger partial charge is 0.308 e. The van der Waals surface area contributed by atoms with Crippen LogP contribution in [0.5, 0.6) is 0 Å². The molecule has 1 heterocycles. The molecule has 1 spiro atoms. The summed E-state index contributed by atoms with van der Waals surface area (Å²) in [6.45, 7) is 4.73. The van der Waals surface area contributed by atoms with Crippen LogP contribution in [0.4, 0.5) is 0 Å². The van der Waals surface area contributed by atoms with Crippen molar-refractivity contribution in [1.29, 1.82) is 0 Å². The second-order valence-electron chi connectivity index (χ2n) is 4.28. The summed E-state index contributed by atoms with van der Waals surface area (Å²) in [6.07, 6.45) is 4.21. The highest BCUT2D eigenvalue weighted by atomic mass is 15.2. The second-order valence-corrected chi connectivity index (χ2v) is 4.28. The van der Waals surface area contributed by atoms with Crippen molar-refractivity contribution < 1.29 is 0 Å². The number of nitrogens with one attached hydrogen (secondary N) is 1. The van der Waals surface area contributed by atoms with Gasteiger partial charge in [-0.15, -0.1) is 0 Å². The topological polar surface area (TPSA) is 15.3 Å². The van der Waals surface area contributed by atoms with Crippen LogP contribution in [0.15, 0.2) is 0 Å². The molecule has 1 aliphatic carbocycles. The quantitative estimate of drug-likeness (QED) is 0.556. The maximum absolute atomic E-state index is 3.67. The Kier molecular flexibility index (Phi) is 1.69. The second kappa shape index (κ2) is 2.46. The number of hydrogen-bond donors (Lipinski definition) is 1. The molecule has 1 unspecified atom stereocenters. The molecule has 2 heteroatoms. The van der Waals surface area contributed by atoms with Crippen LogP contribution in [-0.2, 0) is 0 Å². The first-order valence-electron chi connectivity index (χ1n) is 4.67. The van der Waals surface area contributed by atoms with E-state index in [1.165, 1.54) is 32.4 Å². The van der Waals surface area contributed by atoms with Crippen LogP contribution in [-0.4, -0.2) is 36.6 Å². The van der Waals surface area contributed by atoms with E-state index in [0.717, 1.165) is 6.04 Å². The van der Waals surface area contributed by atoms with Gasteiger partial charge in [0.2, 0.25) is 0 Å². The third-order valence-corrected chi connectivity index (χ3v) is 3.39. The Labute approximate surface area is 69.0 Å². The highest BCUT2D eigenvalue weighted by Crippen LogP contribution is 2.34. The lowest BCUT2D eigenvalue weighted by atomic mass is 9.75. The summed E-state index contributed by atoms with van der Waals surface area (Å²) in [5.41, 5.74) is 0.529. The third-order valence-electron chi connectivity index (χ3n) is 3.39. The lowest BCUT2D eigenvalue weighted by molar-refractivity contribution is 0.0565. The van der Waals surface area contributed by atoms with Gasteiger partial charge in [0.25, 0.3) is 0 Å². The van der Waals surface area contributed by atoms with Crippen LogP contribution in [0, 0.1) is 0 Å². The van der Waals surface area contributed by atoms with Crippen molar-refractivity contribution in [3.63, 3.8) is 0 Å². The van der Waals surface area contributed by atoms with Crippen molar-refractivity contribution in [1.82, 2.24) is 10.2 Å². The van der Waals surface area contributed by atoms with Gasteiger partial charge in [0.05, 0.1) is 0 Å². The molecule has 0 bridgehead atoms. The predicted octanol–water partition coefficient (Wildman–Crippen LogP) is 0.833. The van der Waals surface area contributed by atoms with E-state index in [1.807, 2.05) is 0 Å². The summed E-state index contributed by atoms with van der Waals surface area (Å²) in [5.74, 6) is 0. The minimum Gasteiger partial charge on any atom is -0.308 e. The van der Waals surface area contributed by atoms with Crippen LogP contribution in [0.2, 0.25) is 0 Å². The third kappa shape index (κ3) is 1.18. The molecule has 0 amide bonds. The van der Waals surface area contributed by atoms with E-state index in [0.29, 0.717) is 5.54 Å². The van der Waals surface area contributed by atoms with Gasteiger partial charge in [0.15, 0.2) is 0 Å². The van der Waals surface area contributed by atoms with Gasteiger partial charge in [0, 0.05) is 24.7 Å². The van der Waals surface area contributed by atoms with Gasteiger partial charge in [-0.05, 0) is 33.2 Å². The van der Waals surface area contributed by atoms with Crippen LogP contribution in [0.1, 0.15) is 26.2 Å². The average Bonchev–Trinajstić information content (AvgIpc) is 1.92. The van der Waals surface area contributed by atoms with Crippen molar-refractivity contribution in [3.8, 4) is 0 Å². The van der Waals surface area contributed by atoms with E-state index in [2.05, 4.69) is 24.2 Å². The lowest BCUT2D eigenvalue weighted by Gasteiger charge is -2.51. The van der Waals surface area contributed by atoms with Crippen LogP contribution in [0.3, 0.4) is 0 Å². The highest BCUT2D eigenvalue weighted by molar-refractivity contribution is 5.01. The zero-order valence-corrected chi connectivity index (χ0v) is 7.56. The van der Waals surface area contributed by atoms with Crippen molar-refractivity contribution in [2.75, 3.05) is 20.1 Å². The van der Waals surface area contributed by atoms with Crippen molar-refractivity contribution >= 4 is 0 Å². The molecule has 2 nitrogen and oxygen atoms in total. The normalized spacial score (nSPS) is 37.1. The summed E-state index contributed by atoms with van der Waals surface area (Å²) >= 11 is 0. The maximum Gasteiger partial charge on any atom is 0.0309 e. The summed E-state index contributed by atoms with van der Waals surface area (Å²) in [5, 5.41) is 3.67. The fourth-order valence-corrected chi connectivity index (χ4v) is 2.15. The number of nitrogens with zero attached hydrogens (tertiary/aromatic N) is 1. The van der Waals surface area contributed by atoms with E-state index in [9.17, 15) is 0 Å². The molecule has 1 saturated carbocycles. The van der Waals surface area contributed by atoms with Gasteiger partial charge in [-0.1, -0.05) is 0 Å². The van der Waals surface area contributed by atoms with Crippen molar-refractivity contribution in [2.45, 2.75) is 37.8 Å². The molecule has 2 rings (SSSR count). The monoisotopic (exact) mass is 154 g/mol. The van der Waals surface area contributed by atoms with Crippen molar-refractivity contribution in [2.24, 2.45) is 0 Å². The molecule has 11 heavy (non-hydrogen) atoms. The Bertz CT molecular complexity index is 152. The fourth-order valence-electron chi connectivity index (χ4n) is 2.15. The molecule has 1 aliphatic heterocycles. The molecule has 0 radical (unpaired) electrons. The van der Waals surface area contributed by atoms with Crippen LogP contribution >= 0.6 is 0 Å². The van der Waals surface area contributed by atoms with Gasteiger partial charge in [-0.3, -0.25) is 0 Å². The van der Waals surface area contributed by atoms with E-state index in [-0.39, 0.29) is 0 Å². The molecule has 64 valence electrons. The summed E-state index contributed by atoms with van der Waals surface area (Å²) < 4.78 is 0. The maximum atomic E-state index is 3.67. The Morgan fingerprint density at radius 1 is 1.45 bits per heavy atom. The van der Waals surface area contributed by atoms with Gasteiger partial charge < -0.3 is 10.2 Å². The van der Waals surface area contributed by atoms with E-state index in [4.69, 9.17) is 0 Å². The van der Waals surface area contributed by atoms with E-state index >= 15 is 0 Å². The Morgan fingerprint density at radius 3 is 2.64 bits per heavy atom. The first-order chi connectivity index (χ1) is 5.22. The molecule has 0 aromatic carbocycles. The average molecular weight is 154 g/mol. The van der Waals surface area contributed by atoms with Gasteiger partial charge >= 0.3 is 0 Å². The Morgan fingerprint density at radius 2 is 2.18 bits per heavy atom. The molecule has 2 fully saturated rings. The molecule has 1 N–H and O–H groups in total. The lowest BCUT2D eigenvalue weighted by Crippen LogP contribution is -2.65. The molecule has 1 atom stereocenters. The summed E-state index contributed by atoms with van der Waals surface area (Å²) in [7, 11) is 2.24. The van der Waals surface area contributed by atoms with E-state index < -0.39 is 0 Å². The molecule has 2 aliphatic rings.